The number of piperidine rings is 1. The standard InChI is InChI=1S/C18H32N2O4/c1-3-23-14-10-18(22,11-14)12-19-17(21)15-6-9-24-16(15)13-4-7-20(2)8-5-13/h13-16,22H,3-12H2,1-2H3,(H,19,21)/t14?,15-,16+,18?/m0/s1. The zero-order valence-electron chi connectivity index (χ0n) is 15.0. The van der Waals surface area contributed by atoms with E-state index in [9.17, 15) is 9.90 Å². The van der Waals surface area contributed by atoms with Crippen molar-refractivity contribution < 1.29 is 19.4 Å². The van der Waals surface area contributed by atoms with E-state index in [0.717, 1.165) is 32.4 Å². The zero-order chi connectivity index (χ0) is 17.2. The van der Waals surface area contributed by atoms with Crippen LogP contribution >= 0.6 is 0 Å². The number of aliphatic hydroxyl groups is 1. The first kappa shape index (κ1) is 18.1. The fourth-order valence-electron chi connectivity index (χ4n) is 4.38. The van der Waals surface area contributed by atoms with Gasteiger partial charge in [0.2, 0.25) is 5.91 Å². The van der Waals surface area contributed by atoms with Gasteiger partial charge in [-0.15, -0.1) is 0 Å². The van der Waals surface area contributed by atoms with E-state index in [4.69, 9.17) is 9.47 Å². The number of carbonyl (C=O) groups is 1. The molecule has 0 aromatic heterocycles. The van der Waals surface area contributed by atoms with E-state index in [2.05, 4.69) is 17.3 Å². The third kappa shape index (κ3) is 4.10. The number of nitrogens with zero attached hydrogens (tertiary/aromatic N) is 1. The highest BCUT2D eigenvalue weighted by molar-refractivity contribution is 5.79. The molecule has 0 unspecified atom stereocenters. The van der Waals surface area contributed by atoms with Crippen molar-refractivity contribution in [2.75, 3.05) is 39.9 Å². The second kappa shape index (κ2) is 7.68. The average molecular weight is 340 g/mol. The summed E-state index contributed by atoms with van der Waals surface area (Å²) in [5, 5.41) is 13.4. The van der Waals surface area contributed by atoms with Crippen LogP contribution in [0.25, 0.3) is 0 Å². The predicted molar refractivity (Wildman–Crippen MR) is 90.7 cm³/mol. The van der Waals surface area contributed by atoms with Crippen LogP contribution in [-0.2, 0) is 14.3 Å². The molecule has 1 amide bonds. The number of ether oxygens (including phenoxy) is 2. The van der Waals surface area contributed by atoms with Crippen LogP contribution in [0.2, 0.25) is 0 Å². The third-order valence-electron chi connectivity index (χ3n) is 5.91. The SMILES string of the molecule is CCOC1CC(O)(CNC(=O)[C@H]2CCO[C@@H]2C2CCN(C)CC2)C1. The van der Waals surface area contributed by atoms with Gasteiger partial charge in [0, 0.05) is 32.6 Å². The van der Waals surface area contributed by atoms with Gasteiger partial charge in [-0.2, -0.15) is 0 Å². The first-order valence-corrected chi connectivity index (χ1v) is 9.42. The number of hydrogen-bond donors (Lipinski definition) is 2. The molecular formula is C18H32N2O4. The lowest BCUT2D eigenvalue weighted by atomic mass is 9.77. The van der Waals surface area contributed by atoms with Crippen molar-refractivity contribution in [3.05, 3.63) is 0 Å². The molecule has 3 fully saturated rings. The summed E-state index contributed by atoms with van der Waals surface area (Å²) in [5.41, 5.74) is -0.794. The molecule has 1 aliphatic carbocycles. The van der Waals surface area contributed by atoms with Crippen LogP contribution < -0.4 is 5.32 Å². The van der Waals surface area contributed by atoms with E-state index in [0.29, 0.717) is 38.5 Å². The Morgan fingerprint density at radius 1 is 1.33 bits per heavy atom. The van der Waals surface area contributed by atoms with Gasteiger partial charge >= 0.3 is 0 Å². The molecule has 2 aliphatic heterocycles. The molecule has 1 saturated carbocycles. The minimum atomic E-state index is -0.794. The van der Waals surface area contributed by atoms with Gasteiger partial charge in [0.05, 0.1) is 23.7 Å². The maximum absolute atomic E-state index is 12.6. The van der Waals surface area contributed by atoms with Crippen LogP contribution in [-0.4, -0.2) is 73.6 Å². The highest BCUT2D eigenvalue weighted by atomic mass is 16.5. The van der Waals surface area contributed by atoms with Crippen LogP contribution in [0.1, 0.15) is 39.0 Å². The second-order valence-electron chi connectivity index (χ2n) is 7.80. The predicted octanol–water partition coefficient (Wildman–Crippen LogP) is 0.780. The fourth-order valence-corrected chi connectivity index (χ4v) is 4.38. The Hall–Kier alpha value is -0.690. The van der Waals surface area contributed by atoms with Crippen molar-refractivity contribution in [2.45, 2.75) is 56.8 Å². The smallest absolute Gasteiger partial charge is 0.225 e. The molecule has 2 N–H and O–H groups in total. The van der Waals surface area contributed by atoms with Gasteiger partial charge in [0.1, 0.15) is 0 Å². The Morgan fingerprint density at radius 3 is 2.71 bits per heavy atom. The van der Waals surface area contributed by atoms with Crippen LogP contribution in [0.5, 0.6) is 0 Å². The highest BCUT2D eigenvalue weighted by Gasteiger charge is 2.45. The number of likely N-dealkylation sites (tertiary alicyclic amines) is 1. The molecule has 0 radical (unpaired) electrons. The molecule has 0 bridgehead atoms. The molecule has 2 saturated heterocycles. The third-order valence-corrected chi connectivity index (χ3v) is 5.91. The fraction of sp³-hybridized carbons (Fsp3) is 0.944. The van der Waals surface area contributed by atoms with Crippen molar-refractivity contribution in [1.29, 1.82) is 0 Å². The average Bonchev–Trinajstić information content (AvgIpc) is 3.02. The highest BCUT2D eigenvalue weighted by Crippen LogP contribution is 2.35. The zero-order valence-corrected chi connectivity index (χ0v) is 15.0. The first-order chi connectivity index (χ1) is 11.5. The lowest BCUT2D eigenvalue weighted by molar-refractivity contribution is -0.144. The maximum atomic E-state index is 12.6. The van der Waals surface area contributed by atoms with E-state index in [1.54, 1.807) is 0 Å². The van der Waals surface area contributed by atoms with E-state index in [1.165, 1.54) is 0 Å². The normalized spacial score (nSPS) is 38.0. The molecule has 6 nitrogen and oxygen atoms in total. The Morgan fingerprint density at radius 2 is 2.04 bits per heavy atom. The molecule has 6 heteroatoms. The molecule has 0 aromatic carbocycles. The van der Waals surface area contributed by atoms with Gasteiger partial charge in [0.15, 0.2) is 0 Å². The van der Waals surface area contributed by atoms with E-state index < -0.39 is 5.60 Å². The summed E-state index contributed by atoms with van der Waals surface area (Å²) in [7, 11) is 2.14. The maximum Gasteiger partial charge on any atom is 0.225 e. The summed E-state index contributed by atoms with van der Waals surface area (Å²) in [5.74, 6) is 0.461. The van der Waals surface area contributed by atoms with Gasteiger partial charge in [-0.25, -0.2) is 0 Å². The van der Waals surface area contributed by atoms with Crippen LogP contribution in [0.3, 0.4) is 0 Å². The summed E-state index contributed by atoms with van der Waals surface area (Å²) in [6.45, 7) is 5.79. The van der Waals surface area contributed by atoms with Gasteiger partial charge in [-0.05, 0) is 52.2 Å². The molecule has 0 spiro atoms. The number of nitrogens with one attached hydrogen (secondary N) is 1. The molecule has 3 rings (SSSR count). The Kier molecular flexibility index (Phi) is 5.80. The minimum Gasteiger partial charge on any atom is -0.388 e. The molecular weight excluding hydrogens is 308 g/mol. The minimum absolute atomic E-state index is 0.0460. The van der Waals surface area contributed by atoms with Crippen molar-refractivity contribution in [1.82, 2.24) is 10.2 Å². The Labute approximate surface area is 144 Å². The van der Waals surface area contributed by atoms with Crippen molar-refractivity contribution >= 4 is 5.91 Å². The molecule has 138 valence electrons. The van der Waals surface area contributed by atoms with Gasteiger partial charge in [0.25, 0.3) is 0 Å². The number of hydrogen-bond acceptors (Lipinski definition) is 5. The Balaban J connectivity index is 1.46. The molecule has 2 heterocycles. The summed E-state index contributed by atoms with van der Waals surface area (Å²) >= 11 is 0. The Bertz CT molecular complexity index is 431. The summed E-state index contributed by atoms with van der Waals surface area (Å²) < 4.78 is 11.4. The van der Waals surface area contributed by atoms with E-state index in [1.807, 2.05) is 6.92 Å². The van der Waals surface area contributed by atoms with Gasteiger partial charge in [-0.3, -0.25) is 4.79 Å². The first-order valence-electron chi connectivity index (χ1n) is 9.42. The summed E-state index contributed by atoms with van der Waals surface area (Å²) in [6.07, 6.45) is 4.41. The molecule has 3 aliphatic rings. The number of amides is 1. The molecule has 24 heavy (non-hydrogen) atoms. The van der Waals surface area contributed by atoms with Crippen LogP contribution in [0.4, 0.5) is 0 Å². The lowest BCUT2D eigenvalue weighted by Gasteiger charge is -2.43. The molecule has 2 atom stereocenters. The molecule has 0 aromatic rings. The quantitative estimate of drug-likeness (QED) is 0.748. The van der Waals surface area contributed by atoms with Crippen molar-refractivity contribution in [3.63, 3.8) is 0 Å². The van der Waals surface area contributed by atoms with E-state index in [-0.39, 0.29) is 24.0 Å². The van der Waals surface area contributed by atoms with E-state index >= 15 is 0 Å². The van der Waals surface area contributed by atoms with Crippen LogP contribution in [0, 0.1) is 11.8 Å². The number of rotatable bonds is 6. The lowest BCUT2D eigenvalue weighted by Crippen LogP contribution is -2.56. The van der Waals surface area contributed by atoms with Gasteiger partial charge in [-0.1, -0.05) is 0 Å². The van der Waals surface area contributed by atoms with Crippen molar-refractivity contribution in [3.8, 4) is 0 Å². The monoisotopic (exact) mass is 340 g/mol. The van der Waals surface area contributed by atoms with Crippen molar-refractivity contribution in [2.24, 2.45) is 11.8 Å². The second-order valence-corrected chi connectivity index (χ2v) is 7.80. The summed E-state index contributed by atoms with van der Waals surface area (Å²) in [4.78, 5) is 14.9. The van der Waals surface area contributed by atoms with Crippen LogP contribution in [0.15, 0.2) is 0 Å². The van der Waals surface area contributed by atoms with Gasteiger partial charge < -0.3 is 24.8 Å². The topological polar surface area (TPSA) is 71.0 Å². The largest absolute Gasteiger partial charge is 0.388 e. The number of carbonyl (C=O) groups excluding carboxylic acids is 1. The summed E-state index contributed by atoms with van der Waals surface area (Å²) in [6, 6.07) is 0.